The van der Waals surface area contributed by atoms with Crippen LogP contribution in [0.15, 0.2) is 59.5 Å². The van der Waals surface area contributed by atoms with Crippen LogP contribution in [0.4, 0.5) is 5.69 Å². The molecule has 2 amide bonds. The summed E-state index contributed by atoms with van der Waals surface area (Å²) in [5.41, 5.74) is 0.255. The van der Waals surface area contributed by atoms with E-state index in [0.717, 1.165) is 10.5 Å². The third kappa shape index (κ3) is 2.85. The molecule has 1 saturated heterocycles. The maximum absolute atomic E-state index is 13.1. The summed E-state index contributed by atoms with van der Waals surface area (Å²) in [4.78, 5) is 26.7. The molecule has 25 heavy (non-hydrogen) atoms. The number of nitrogens with two attached hydrogens (primary N) is 1. The molecule has 0 aromatic heterocycles. The van der Waals surface area contributed by atoms with Crippen molar-refractivity contribution in [3.63, 3.8) is 0 Å². The quantitative estimate of drug-likeness (QED) is 0.845. The van der Waals surface area contributed by atoms with Crippen LogP contribution in [0.5, 0.6) is 0 Å². The summed E-state index contributed by atoms with van der Waals surface area (Å²) in [7, 11) is -3.83. The number of carbonyl (C=O) groups is 2. The molecule has 0 aliphatic carbocycles. The molecule has 1 heterocycles. The number of rotatable bonds is 4. The van der Waals surface area contributed by atoms with Crippen molar-refractivity contribution in [1.82, 2.24) is 0 Å². The third-order valence-electron chi connectivity index (χ3n) is 4.67. The average molecular weight is 358 g/mol. The Balaban J connectivity index is 2.02. The zero-order valence-corrected chi connectivity index (χ0v) is 14.5. The Morgan fingerprint density at radius 3 is 2.16 bits per heavy atom. The van der Waals surface area contributed by atoms with Gasteiger partial charge in [0.25, 0.3) is 0 Å². The van der Waals surface area contributed by atoms with E-state index in [1.54, 1.807) is 0 Å². The number of hydrogen-bond acceptors (Lipinski definition) is 4. The van der Waals surface area contributed by atoms with Gasteiger partial charge in [0.2, 0.25) is 21.8 Å². The zero-order valence-electron chi connectivity index (χ0n) is 13.7. The molecule has 1 aliphatic heterocycles. The van der Waals surface area contributed by atoms with Gasteiger partial charge in [-0.1, -0.05) is 37.3 Å². The van der Waals surface area contributed by atoms with E-state index in [9.17, 15) is 18.0 Å². The van der Waals surface area contributed by atoms with Crippen molar-refractivity contribution in [3.05, 3.63) is 60.2 Å². The van der Waals surface area contributed by atoms with E-state index in [4.69, 9.17) is 5.14 Å². The number of sulfonamides is 1. The van der Waals surface area contributed by atoms with Crippen LogP contribution >= 0.6 is 0 Å². The van der Waals surface area contributed by atoms with Crippen LogP contribution in [-0.4, -0.2) is 20.2 Å². The Morgan fingerprint density at radius 2 is 1.64 bits per heavy atom. The van der Waals surface area contributed by atoms with Crippen LogP contribution in [0.25, 0.3) is 0 Å². The van der Waals surface area contributed by atoms with Gasteiger partial charge in [-0.25, -0.2) is 18.5 Å². The summed E-state index contributed by atoms with van der Waals surface area (Å²) in [5.74, 6) is -0.603. The monoisotopic (exact) mass is 358 g/mol. The van der Waals surface area contributed by atoms with Crippen molar-refractivity contribution in [2.24, 2.45) is 5.14 Å². The van der Waals surface area contributed by atoms with E-state index < -0.39 is 15.4 Å². The minimum Gasteiger partial charge on any atom is -0.274 e. The number of carbonyl (C=O) groups excluding carboxylic acids is 2. The molecule has 2 aromatic carbocycles. The Morgan fingerprint density at radius 1 is 1.04 bits per heavy atom. The first-order chi connectivity index (χ1) is 11.8. The highest BCUT2D eigenvalue weighted by Gasteiger charge is 2.51. The molecule has 0 spiro atoms. The van der Waals surface area contributed by atoms with E-state index in [-0.39, 0.29) is 23.1 Å². The molecule has 1 atom stereocenters. The van der Waals surface area contributed by atoms with Gasteiger partial charge in [0, 0.05) is 6.42 Å². The normalized spacial score (nSPS) is 21.0. The average Bonchev–Trinajstić information content (AvgIpc) is 2.86. The molecule has 0 saturated carbocycles. The fraction of sp³-hybridized carbons (Fsp3) is 0.222. The Bertz CT molecular complexity index is 923. The maximum Gasteiger partial charge on any atom is 0.244 e. The molecular formula is C18H18N2O4S. The van der Waals surface area contributed by atoms with Gasteiger partial charge in [0.1, 0.15) is 0 Å². The summed E-state index contributed by atoms with van der Waals surface area (Å²) in [6.45, 7) is 1.88. The molecule has 1 unspecified atom stereocenters. The Labute approximate surface area is 146 Å². The van der Waals surface area contributed by atoms with Gasteiger partial charge in [-0.05, 0) is 36.2 Å². The van der Waals surface area contributed by atoms with Gasteiger partial charge < -0.3 is 0 Å². The van der Waals surface area contributed by atoms with E-state index >= 15 is 0 Å². The molecular weight excluding hydrogens is 340 g/mol. The second kappa shape index (κ2) is 6.09. The van der Waals surface area contributed by atoms with Gasteiger partial charge in [0.15, 0.2) is 0 Å². The molecule has 2 N–H and O–H groups in total. The highest BCUT2D eigenvalue weighted by atomic mass is 32.2. The topological polar surface area (TPSA) is 97.5 Å². The lowest BCUT2D eigenvalue weighted by atomic mass is 9.76. The fourth-order valence-corrected chi connectivity index (χ4v) is 3.76. The molecule has 1 aliphatic rings. The molecule has 2 aromatic rings. The van der Waals surface area contributed by atoms with Crippen molar-refractivity contribution >= 4 is 27.5 Å². The summed E-state index contributed by atoms with van der Waals surface area (Å²) in [6, 6.07) is 14.7. The largest absolute Gasteiger partial charge is 0.274 e. The third-order valence-corrected chi connectivity index (χ3v) is 5.60. The first-order valence-electron chi connectivity index (χ1n) is 7.85. The SMILES string of the molecule is CCC1(c2ccccc2)CC(=O)N(c2ccc(S(N)(=O)=O)cc2)C1=O. The van der Waals surface area contributed by atoms with Crippen LogP contribution in [0.1, 0.15) is 25.3 Å². The second-order valence-electron chi connectivity index (χ2n) is 6.05. The second-order valence-corrected chi connectivity index (χ2v) is 7.61. The van der Waals surface area contributed by atoms with Crippen LogP contribution in [0.3, 0.4) is 0 Å². The van der Waals surface area contributed by atoms with Crippen molar-refractivity contribution in [2.45, 2.75) is 30.1 Å². The number of benzene rings is 2. The highest BCUT2D eigenvalue weighted by Crippen LogP contribution is 2.41. The maximum atomic E-state index is 13.1. The number of anilines is 1. The van der Waals surface area contributed by atoms with Crippen LogP contribution in [-0.2, 0) is 25.0 Å². The van der Waals surface area contributed by atoms with Crippen LogP contribution in [0, 0.1) is 0 Å². The first kappa shape index (κ1) is 17.3. The molecule has 3 rings (SSSR count). The van der Waals surface area contributed by atoms with Gasteiger partial charge in [0.05, 0.1) is 16.0 Å². The molecule has 7 heteroatoms. The number of hydrogen-bond donors (Lipinski definition) is 1. The van der Waals surface area contributed by atoms with Crippen LogP contribution in [0.2, 0.25) is 0 Å². The lowest BCUT2D eigenvalue weighted by Crippen LogP contribution is -2.38. The summed E-state index contributed by atoms with van der Waals surface area (Å²) >= 11 is 0. The van der Waals surface area contributed by atoms with Crippen molar-refractivity contribution in [3.8, 4) is 0 Å². The zero-order chi connectivity index (χ0) is 18.2. The Hall–Kier alpha value is -2.51. The van der Waals surface area contributed by atoms with E-state index in [1.165, 1.54) is 24.3 Å². The van der Waals surface area contributed by atoms with Crippen molar-refractivity contribution < 1.29 is 18.0 Å². The number of amides is 2. The van der Waals surface area contributed by atoms with Crippen molar-refractivity contribution in [2.75, 3.05) is 4.90 Å². The van der Waals surface area contributed by atoms with Gasteiger partial charge in [-0.15, -0.1) is 0 Å². The number of primary sulfonamides is 1. The molecule has 6 nitrogen and oxygen atoms in total. The minimum absolute atomic E-state index is 0.0693. The lowest BCUT2D eigenvalue weighted by Gasteiger charge is -2.26. The molecule has 0 radical (unpaired) electrons. The predicted molar refractivity (Wildman–Crippen MR) is 93.3 cm³/mol. The van der Waals surface area contributed by atoms with Crippen molar-refractivity contribution in [1.29, 1.82) is 0 Å². The summed E-state index contributed by atoms with van der Waals surface area (Å²) in [5, 5.41) is 5.08. The summed E-state index contributed by atoms with van der Waals surface area (Å²) < 4.78 is 22.7. The highest BCUT2D eigenvalue weighted by molar-refractivity contribution is 7.89. The van der Waals surface area contributed by atoms with Gasteiger partial charge in [-0.3, -0.25) is 9.59 Å². The number of nitrogens with zero attached hydrogens (tertiary/aromatic N) is 1. The predicted octanol–water partition coefficient (Wildman–Crippen LogP) is 1.95. The number of imide groups is 1. The van der Waals surface area contributed by atoms with Gasteiger partial charge in [-0.2, -0.15) is 0 Å². The Kier molecular flexibility index (Phi) is 4.22. The van der Waals surface area contributed by atoms with E-state index in [1.807, 2.05) is 37.3 Å². The van der Waals surface area contributed by atoms with E-state index in [2.05, 4.69) is 0 Å². The lowest BCUT2D eigenvalue weighted by molar-refractivity contribution is -0.123. The summed E-state index contributed by atoms with van der Waals surface area (Å²) in [6.07, 6.45) is 0.580. The van der Waals surface area contributed by atoms with Gasteiger partial charge >= 0.3 is 0 Å². The minimum atomic E-state index is -3.83. The molecule has 1 fully saturated rings. The molecule has 130 valence electrons. The molecule has 0 bridgehead atoms. The fourth-order valence-electron chi connectivity index (χ4n) is 3.25. The smallest absolute Gasteiger partial charge is 0.244 e. The van der Waals surface area contributed by atoms with Crippen LogP contribution < -0.4 is 10.0 Å². The first-order valence-corrected chi connectivity index (χ1v) is 9.40. The standard InChI is InChI=1S/C18H18N2O4S/c1-2-18(13-6-4-3-5-7-13)12-16(21)20(17(18)22)14-8-10-15(11-9-14)25(19,23)24/h3-11H,2,12H2,1H3,(H2,19,23,24). The van der Waals surface area contributed by atoms with E-state index in [0.29, 0.717) is 12.1 Å².